The lowest BCUT2D eigenvalue weighted by molar-refractivity contribution is 0.112. The number of pyridine rings is 2. The largest absolute Gasteiger partial charge is 0.298 e. The minimum Gasteiger partial charge on any atom is -0.298 e. The molecule has 0 amide bonds. The van der Waals surface area contributed by atoms with Crippen molar-refractivity contribution in [1.82, 2.24) is 18.8 Å². The predicted molar refractivity (Wildman–Crippen MR) is 106 cm³/mol. The second-order valence-corrected chi connectivity index (χ2v) is 7.17. The Morgan fingerprint density at radius 1 is 0.960 bits per heavy atom. The van der Waals surface area contributed by atoms with Gasteiger partial charge >= 0.3 is 0 Å². The van der Waals surface area contributed by atoms with E-state index in [2.05, 4.69) is 55.1 Å². The lowest BCUT2D eigenvalue weighted by Crippen LogP contribution is -1.90. The molecule has 9 heteroatoms. The molecule has 0 radical (unpaired) electrons. The van der Waals surface area contributed by atoms with Gasteiger partial charge in [0.1, 0.15) is 25.0 Å². The zero-order chi connectivity index (χ0) is 18.0. The fourth-order valence-electron chi connectivity index (χ4n) is 2.14. The van der Waals surface area contributed by atoms with Gasteiger partial charge in [-0.15, -0.1) is 0 Å². The fourth-order valence-corrected chi connectivity index (χ4v) is 3.23. The number of aldehydes is 1. The first-order chi connectivity index (χ1) is 12.0. The number of nitrogens with zero attached hydrogens (tertiary/aromatic N) is 4. The number of fused-ring (bicyclic) bond motifs is 2. The van der Waals surface area contributed by atoms with E-state index in [1.165, 1.54) is 12.1 Å². The summed E-state index contributed by atoms with van der Waals surface area (Å²) < 4.78 is 30.2. The molecule has 4 aromatic rings. The van der Waals surface area contributed by atoms with Crippen molar-refractivity contribution in [3.8, 4) is 0 Å². The van der Waals surface area contributed by atoms with Gasteiger partial charge in [0.05, 0.1) is 12.4 Å². The highest BCUT2D eigenvalue weighted by Gasteiger charge is 2.08. The van der Waals surface area contributed by atoms with Crippen molar-refractivity contribution in [2.45, 2.75) is 6.43 Å². The summed E-state index contributed by atoms with van der Waals surface area (Å²) in [5.74, 6) is 0. The normalized spacial score (nSPS) is 10.9. The predicted octanol–water partition coefficient (Wildman–Crippen LogP) is 4.63. The van der Waals surface area contributed by atoms with Crippen LogP contribution in [0.1, 0.15) is 22.3 Å². The van der Waals surface area contributed by atoms with E-state index in [0.717, 1.165) is 19.3 Å². The molecule has 4 heterocycles. The molecule has 25 heavy (non-hydrogen) atoms. The van der Waals surface area contributed by atoms with Gasteiger partial charge in [-0.1, -0.05) is 0 Å². The molecule has 0 unspecified atom stereocenters. The summed E-state index contributed by atoms with van der Waals surface area (Å²) in [6.07, 6.45) is 5.25. The third kappa shape index (κ3) is 3.97. The minimum absolute atomic E-state index is 0.00880. The maximum atomic E-state index is 12.3. The van der Waals surface area contributed by atoms with Gasteiger partial charge in [0.15, 0.2) is 0 Å². The monoisotopic (exact) mass is 566 g/mol. The molecule has 0 saturated heterocycles. The molecule has 128 valence electrons. The lowest BCUT2D eigenvalue weighted by Gasteiger charge is -1.99. The van der Waals surface area contributed by atoms with Crippen LogP contribution >= 0.6 is 45.2 Å². The average molecular weight is 566 g/mol. The average Bonchev–Trinajstić information content (AvgIpc) is 3.18. The molecule has 4 rings (SSSR count). The van der Waals surface area contributed by atoms with E-state index < -0.39 is 6.43 Å². The van der Waals surface area contributed by atoms with Crippen molar-refractivity contribution in [2.24, 2.45) is 0 Å². The summed E-state index contributed by atoms with van der Waals surface area (Å²) in [7, 11) is 0. The van der Waals surface area contributed by atoms with Crippen LogP contribution in [0.2, 0.25) is 0 Å². The first-order valence-corrected chi connectivity index (χ1v) is 9.14. The van der Waals surface area contributed by atoms with Crippen molar-refractivity contribution in [3.63, 3.8) is 0 Å². The maximum absolute atomic E-state index is 12.3. The zero-order valence-electron chi connectivity index (χ0n) is 12.5. The van der Waals surface area contributed by atoms with Crippen molar-refractivity contribution >= 4 is 62.8 Å². The van der Waals surface area contributed by atoms with Crippen LogP contribution in [-0.2, 0) is 0 Å². The first-order valence-electron chi connectivity index (χ1n) is 6.98. The topological polar surface area (TPSA) is 51.7 Å². The molecule has 0 saturated carbocycles. The second-order valence-electron chi connectivity index (χ2n) is 4.96. The highest BCUT2D eigenvalue weighted by molar-refractivity contribution is 14.1. The van der Waals surface area contributed by atoms with Crippen LogP contribution in [0.15, 0.2) is 49.1 Å². The van der Waals surface area contributed by atoms with Gasteiger partial charge in [-0.3, -0.25) is 13.6 Å². The third-order valence-electron chi connectivity index (χ3n) is 3.37. The minimum atomic E-state index is -2.43. The summed E-state index contributed by atoms with van der Waals surface area (Å²) in [4.78, 5) is 18.5. The number of carbonyl (C=O) groups is 1. The van der Waals surface area contributed by atoms with Crippen molar-refractivity contribution in [1.29, 1.82) is 0 Å². The van der Waals surface area contributed by atoms with Gasteiger partial charge in [0, 0.05) is 23.5 Å². The SMILES string of the molecule is FC(F)c1ccn2c(I)cnc2c1.O=Cc1ccn2c(I)cnc2c1. The number of alkyl halides is 2. The molecule has 0 bridgehead atoms. The molecular formula is C16H10F2I2N4O. The van der Waals surface area contributed by atoms with E-state index in [9.17, 15) is 13.6 Å². The molecule has 5 nitrogen and oxygen atoms in total. The van der Waals surface area contributed by atoms with E-state index in [1.54, 1.807) is 35.1 Å². The van der Waals surface area contributed by atoms with Gasteiger partial charge < -0.3 is 0 Å². The number of halogens is 4. The lowest BCUT2D eigenvalue weighted by atomic mass is 10.3. The van der Waals surface area contributed by atoms with Gasteiger partial charge in [-0.05, 0) is 69.4 Å². The molecule has 4 aromatic heterocycles. The summed E-state index contributed by atoms with van der Waals surface area (Å²) in [5, 5.41) is 0. The smallest absolute Gasteiger partial charge is 0.264 e. The van der Waals surface area contributed by atoms with Crippen LogP contribution in [0, 0.1) is 7.40 Å². The van der Waals surface area contributed by atoms with Gasteiger partial charge in [0.2, 0.25) is 0 Å². The van der Waals surface area contributed by atoms with Crippen LogP contribution in [-0.4, -0.2) is 25.1 Å². The van der Waals surface area contributed by atoms with Gasteiger partial charge in [0.25, 0.3) is 6.43 Å². The first kappa shape index (κ1) is 18.2. The van der Waals surface area contributed by atoms with Crippen molar-refractivity contribution in [3.05, 3.63) is 67.6 Å². The Morgan fingerprint density at radius 2 is 1.52 bits per heavy atom. The number of aromatic nitrogens is 4. The Hall–Kier alpha value is -1.63. The quantitative estimate of drug-likeness (QED) is 0.263. The zero-order valence-corrected chi connectivity index (χ0v) is 16.8. The summed E-state index contributed by atoms with van der Waals surface area (Å²) in [6.45, 7) is 0. The summed E-state index contributed by atoms with van der Waals surface area (Å²) in [6, 6.07) is 6.33. The molecule has 0 aliphatic heterocycles. The fraction of sp³-hybridized carbons (Fsp3) is 0.0625. The number of hydrogen-bond acceptors (Lipinski definition) is 3. The highest BCUT2D eigenvalue weighted by atomic mass is 127. The van der Waals surface area contributed by atoms with Crippen LogP contribution in [0.25, 0.3) is 11.3 Å². The number of imidazole rings is 2. The Balaban J connectivity index is 0.000000146. The Labute approximate surface area is 168 Å². The van der Waals surface area contributed by atoms with E-state index >= 15 is 0 Å². The Kier molecular flexibility index (Phi) is 5.61. The molecule has 0 fully saturated rings. The Bertz CT molecular complexity index is 1050. The van der Waals surface area contributed by atoms with E-state index in [-0.39, 0.29) is 5.56 Å². The van der Waals surface area contributed by atoms with Crippen molar-refractivity contribution in [2.75, 3.05) is 0 Å². The standard InChI is InChI=1S/C8H5F2IN2.C8H5IN2O/c9-8(10)5-1-2-13-6(11)4-12-7(13)3-5;9-7-4-10-8-3-6(5-12)1-2-11(7)8/h1-4,8H;1-5H. The molecule has 0 aromatic carbocycles. The number of carbonyl (C=O) groups excluding carboxylic acids is 1. The van der Waals surface area contributed by atoms with Crippen LogP contribution in [0.3, 0.4) is 0 Å². The van der Waals surface area contributed by atoms with E-state index in [4.69, 9.17) is 0 Å². The van der Waals surface area contributed by atoms with E-state index in [0.29, 0.717) is 11.2 Å². The second kappa shape index (κ2) is 7.72. The Morgan fingerprint density at radius 3 is 2.08 bits per heavy atom. The van der Waals surface area contributed by atoms with E-state index in [1.807, 2.05) is 10.6 Å². The number of hydrogen-bond donors (Lipinski definition) is 0. The summed E-state index contributed by atoms with van der Waals surface area (Å²) >= 11 is 4.28. The van der Waals surface area contributed by atoms with Crippen LogP contribution in [0.5, 0.6) is 0 Å². The third-order valence-corrected chi connectivity index (χ3v) is 4.97. The number of rotatable bonds is 2. The molecule has 0 N–H and O–H groups in total. The maximum Gasteiger partial charge on any atom is 0.264 e. The molecule has 0 spiro atoms. The summed E-state index contributed by atoms with van der Waals surface area (Å²) in [5.41, 5.74) is 2.03. The molecular weight excluding hydrogens is 556 g/mol. The van der Waals surface area contributed by atoms with Gasteiger partial charge in [-0.25, -0.2) is 18.7 Å². The van der Waals surface area contributed by atoms with Crippen molar-refractivity contribution < 1.29 is 13.6 Å². The van der Waals surface area contributed by atoms with Gasteiger partial charge in [-0.2, -0.15) is 0 Å². The molecule has 0 aliphatic carbocycles. The van der Waals surface area contributed by atoms with Crippen LogP contribution in [0.4, 0.5) is 8.78 Å². The van der Waals surface area contributed by atoms with Crippen LogP contribution < -0.4 is 0 Å². The molecule has 0 atom stereocenters. The molecule has 0 aliphatic rings. The highest BCUT2D eigenvalue weighted by Crippen LogP contribution is 2.20.